The van der Waals surface area contributed by atoms with Crippen LogP contribution in [0.5, 0.6) is 0 Å². The topological polar surface area (TPSA) is 79.0 Å². The quantitative estimate of drug-likeness (QED) is 0.822. The number of anilines is 1. The van der Waals surface area contributed by atoms with Crippen molar-refractivity contribution in [3.63, 3.8) is 0 Å². The molecular weight excluding hydrogens is 366 g/mol. The van der Waals surface area contributed by atoms with Gasteiger partial charge in [-0.1, -0.05) is 6.92 Å². The largest absolute Gasteiger partial charge is 0.379 e. The van der Waals surface area contributed by atoms with Crippen LogP contribution in [0, 0.1) is 5.92 Å². The average molecular weight is 396 g/mol. The Kier molecular flexibility index (Phi) is 6.52. The number of amides is 1. The molecule has 0 aliphatic carbocycles. The number of rotatable bonds is 5. The van der Waals surface area contributed by atoms with E-state index in [1.54, 1.807) is 24.3 Å². The summed E-state index contributed by atoms with van der Waals surface area (Å²) >= 11 is 0. The van der Waals surface area contributed by atoms with Crippen LogP contribution in [-0.2, 0) is 19.6 Å². The second-order valence-electron chi connectivity index (χ2n) is 7.45. The Labute approximate surface area is 161 Å². The van der Waals surface area contributed by atoms with Crippen molar-refractivity contribution < 1.29 is 17.9 Å². The maximum absolute atomic E-state index is 12.6. The van der Waals surface area contributed by atoms with Gasteiger partial charge in [0.25, 0.3) is 0 Å². The van der Waals surface area contributed by atoms with Crippen LogP contribution in [0.15, 0.2) is 29.2 Å². The number of sulfonamides is 1. The molecule has 27 heavy (non-hydrogen) atoms. The molecule has 2 atom stereocenters. The summed E-state index contributed by atoms with van der Waals surface area (Å²) in [5, 5.41) is 2.90. The monoisotopic (exact) mass is 395 g/mol. The summed E-state index contributed by atoms with van der Waals surface area (Å²) in [7, 11) is -3.51. The van der Waals surface area contributed by atoms with Gasteiger partial charge in [0.2, 0.25) is 15.9 Å². The number of morpholine rings is 1. The highest BCUT2D eigenvalue weighted by Gasteiger charge is 2.27. The lowest BCUT2D eigenvalue weighted by Crippen LogP contribution is -2.46. The summed E-state index contributed by atoms with van der Waals surface area (Å²) in [6.07, 6.45) is 2.33. The molecule has 1 aromatic rings. The van der Waals surface area contributed by atoms with Crippen molar-refractivity contribution in [3.8, 4) is 0 Å². The van der Waals surface area contributed by atoms with Gasteiger partial charge in [-0.05, 0) is 56.5 Å². The minimum atomic E-state index is -3.51. The van der Waals surface area contributed by atoms with Crippen LogP contribution in [-0.4, -0.2) is 69.0 Å². The Morgan fingerprint density at radius 2 is 1.85 bits per heavy atom. The Balaban J connectivity index is 1.62. The zero-order valence-corrected chi connectivity index (χ0v) is 16.9. The third kappa shape index (κ3) is 4.87. The fourth-order valence-electron chi connectivity index (χ4n) is 3.64. The van der Waals surface area contributed by atoms with E-state index in [0.717, 1.165) is 19.5 Å². The van der Waals surface area contributed by atoms with Gasteiger partial charge in [0.1, 0.15) is 0 Å². The highest BCUT2D eigenvalue weighted by molar-refractivity contribution is 7.89. The lowest BCUT2D eigenvalue weighted by Gasteiger charge is -2.34. The molecule has 0 aromatic heterocycles. The molecule has 2 aliphatic heterocycles. The van der Waals surface area contributed by atoms with Gasteiger partial charge in [-0.15, -0.1) is 0 Å². The van der Waals surface area contributed by atoms with E-state index < -0.39 is 10.0 Å². The number of hydrogen-bond acceptors (Lipinski definition) is 5. The van der Waals surface area contributed by atoms with Gasteiger partial charge in [-0.2, -0.15) is 4.31 Å². The van der Waals surface area contributed by atoms with E-state index in [9.17, 15) is 13.2 Å². The van der Waals surface area contributed by atoms with Gasteiger partial charge >= 0.3 is 0 Å². The number of nitrogens with zero attached hydrogens (tertiary/aromatic N) is 2. The highest BCUT2D eigenvalue weighted by atomic mass is 32.2. The van der Waals surface area contributed by atoms with E-state index in [4.69, 9.17) is 4.74 Å². The Morgan fingerprint density at radius 1 is 1.19 bits per heavy atom. The Morgan fingerprint density at radius 3 is 2.48 bits per heavy atom. The van der Waals surface area contributed by atoms with Gasteiger partial charge in [0.15, 0.2) is 0 Å². The molecule has 1 amide bonds. The van der Waals surface area contributed by atoms with E-state index >= 15 is 0 Å². The van der Waals surface area contributed by atoms with Crippen molar-refractivity contribution in [2.75, 3.05) is 44.7 Å². The van der Waals surface area contributed by atoms with E-state index in [1.165, 1.54) is 10.7 Å². The van der Waals surface area contributed by atoms with Crippen molar-refractivity contribution in [3.05, 3.63) is 24.3 Å². The Hall–Kier alpha value is -1.48. The van der Waals surface area contributed by atoms with Gasteiger partial charge in [0.05, 0.1) is 24.2 Å². The highest BCUT2D eigenvalue weighted by Crippen LogP contribution is 2.21. The zero-order chi connectivity index (χ0) is 19.4. The second-order valence-corrected chi connectivity index (χ2v) is 9.39. The molecule has 2 aliphatic rings. The van der Waals surface area contributed by atoms with E-state index in [0.29, 0.717) is 37.9 Å². The van der Waals surface area contributed by atoms with Crippen LogP contribution in [0.2, 0.25) is 0 Å². The van der Waals surface area contributed by atoms with E-state index in [2.05, 4.69) is 17.1 Å². The number of nitrogens with one attached hydrogen (secondary N) is 1. The number of hydrogen-bond donors (Lipinski definition) is 1. The molecule has 0 radical (unpaired) electrons. The molecule has 0 bridgehead atoms. The summed E-state index contributed by atoms with van der Waals surface area (Å²) in [6.45, 7) is 7.58. The first-order valence-corrected chi connectivity index (χ1v) is 11.0. The first kappa shape index (κ1) is 20.3. The molecule has 3 rings (SSSR count). The van der Waals surface area contributed by atoms with Crippen molar-refractivity contribution in [2.45, 2.75) is 37.6 Å². The Bertz CT molecular complexity index is 745. The normalized spacial score (nSPS) is 23.7. The predicted octanol–water partition coefficient (Wildman–Crippen LogP) is 1.77. The number of benzene rings is 1. The summed E-state index contributed by atoms with van der Waals surface area (Å²) in [4.78, 5) is 15.0. The number of piperidine rings is 1. The first-order valence-electron chi connectivity index (χ1n) is 9.61. The maximum Gasteiger partial charge on any atom is 0.243 e. The molecule has 1 aromatic carbocycles. The van der Waals surface area contributed by atoms with Crippen LogP contribution in [0.25, 0.3) is 0 Å². The fraction of sp³-hybridized carbons (Fsp3) is 0.632. The first-order chi connectivity index (χ1) is 12.9. The van der Waals surface area contributed by atoms with Crippen LogP contribution in [0.1, 0.15) is 26.7 Å². The number of carbonyl (C=O) groups excluding carboxylic acids is 1. The molecule has 2 fully saturated rings. The van der Waals surface area contributed by atoms with Crippen molar-refractivity contribution in [2.24, 2.45) is 5.92 Å². The summed E-state index contributed by atoms with van der Waals surface area (Å²) < 4.78 is 31.9. The molecule has 0 unspecified atom stereocenters. The van der Waals surface area contributed by atoms with Crippen molar-refractivity contribution in [1.29, 1.82) is 0 Å². The fourth-order valence-corrected chi connectivity index (χ4v) is 5.04. The molecule has 150 valence electrons. The minimum Gasteiger partial charge on any atom is -0.379 e. The van der Waals surface area contributed by atoms with Gasteiger partial charge in [0, 0.05) is 25.3 Å². The molecule has 2 heterocycles. The summed E-state index contributed by atoms with van der Waals surface area (Å²) in [5.41, 5.74) is 0.609. The predicted molar refractivity (Wildman–Crippen MR) is 104 cm³/mol. The number of likely N-dealkylation sites (tertiary alicyclic amines) is 1. The van der Waals surface area contributed by atoms with Crippen LogP contribution in [0.3, 0.4) is 0 Å². The summed E-state index contributed by atoms with van der Waals surface area (Å²) in [5.74, 6) is 0.548. The van der Waals surface area contributed by atoms with E-state index in [-0.39, 0.29) is 16.8 Å². The molecule has 7 nitrogen and oxygen atoms in total. The smallest absolute Gasteiger partial charge is 0.243 e. The van der Waals surface area contributed by atoms with Crippen molar-refractivity contribution >= 4 is 21.6 Å². The van der Waals surface area contributed by atoms with Crippen LogP contribution < -0.4 is 5.32 Å². The minimum absolute atomic E-state index is 0.0621. The van der Waals surface area contributed by atoms with Crippen LogP contribution >= 0.6 is 0 Å². The number of ether oxygens (including phenoxy) is 1. The second kappa shape index (κ2) is 8.68. The van der Waals surface area contributed by atoms with Gasteiger partial charge < -0.3 is 10.1 Å². The van der Waals surface area contributed by atoms with Crippen molar-refractivity contribution in [1.82, 2.24) is 9.21 Å². The zero-order valence-electron chi connectivity index (χ0n) is 16.1. The SMILES string of the molecule is C[C@@H]1CCCN([C@@H](C)C(=O)Nc2ccc(S(=O)(=O)N3CCOCC3)cc2)C1. The molecule has 0 saturated carbocycles. The van der Waals surface area contributed by atoms with E-state index in [1.807, 2.05) is 6.92 Å². The molecule has 2 saturated heterocycles. The van der Waals surface area contributed by atoms with Gasteiger partial charge in [-0.25, -0.2) is 8.42 Å². The molecule has 8 heteroatoms. The standard InChI is InChI=1S/C19H29N3O4S/c1-15-4-3-9-21(14-15)16(2)19(23)20-17-5-7-18(8-6-17)27(24,25)22-10-12-26-13-11-22/h5-8,15-16H,3-4,9-14H2,1-2H3,(H,20,23)/t15-,16+/m1/s1. The maximum atomic E-state index is 12.6. The average Bonchev–Trinajstić information content (AvgIpc) is 2.68. The molecule has 1 N–H and O–H groups in total. The third-order valence-electron chi connectivity index (χ3n) is 5.35. The molecular formula is C19H29N3O4S. The molecule has 0 spiro atoms. The summed E-state index contributed by atoms with van der Waals surface area (Å²) in [6, 6.07) is 6.19. The lowest BCUT2D eigenvalue weighted by atomic mass is 9.99. The number of carbonyl (C=O) groups is 1. The van der Waals surface area contributed by atoms with Gasteiger partial charge in [-0.3, -0.25) is 9.69 Å². The lowest BCUT2D eigenvalue weighted by molar-refractivity contribution is -0.121. The third-order valence-corrected chi connectivity index (χ3v) is 7.26. The van der Waals surface area contributed by atoms with Crippen LogP contribution in [0.4, 0.5) is 5.69 Å².